The molecule has 2 aromatic rings. The second-order valence-corrected chi connectivity index (χ2v) is 8.38. The SMILES string of the molecule is CC(C)c1ccccc1NC(=O)CN(c1cccc(Cl)c1)S(C)(=O)=O. The van der Waals surface area contributed by atoms with Crippen LogP contribution in [0.4, 0.5) is 11.4 Å². The number of benzene rings is 2. The standard InChI is InChI=1S/C18H21ClN2O3S/c1-13(2)16-9-4-5-10-17(16)20-18(22)12-21(25(3,23)24)15-8-6-7-14(19)11-15/h4-11,13H,12H2,1-3H3,(H,20,22). The summed E-state index contributed by atoms with van der Waals surface area (Å²) in [6.45, 7) is 3.73. The Morgan fingerprint density at radius 2 is 1.84 bits per heavy atom. The Balaban J connectivity index is 2.24. The van der Waals surface area contributed by atoms with Gasteiger partial charge < -0.3 is 5.32 Å². The normalized spacial score (nSPS) is 11.4. The number of carbonyl (C=O) groups is 1. The first-order valence-corrected chi connectivity index (χ1v) is 10.0. The van der Waals surface area contributed by atoms with E-state index in [2.05, 4.69) is 5.32 Å². The summed E-state index contributed by atoms with van der Waals surface area (Å²) in [4.78, 5) is 12.5. The smallest absolute Gasteiger partial charge is 0.245 e. The average Bonchev–Trinajstić information content (AvgIpc) is 2.52. The highest BCUT2D eigenvalue weighted by molar-refractivity contribution is 7.92. The van der Waals surface area contributed by atoms with E-state index in [9.17, 15) is 13.2 Å². The number of hydrogen-bond donors (Lipinski definition) is 1. The molecule has 0 unspecified atom stereocenters. The van der Waals surface area contributed by atoms with E-state index in [0.717, 1.165) is 16.1 Å². The van der Waals surface area contributed by atoms with Crippen molar-refractivity contribution < 1.29 is 13.2 Å². The second-order valence-electron chi connectivity index (χ2n) is 6.04. The van der Waals surface area contributed by atoms with Crippen molar-refractivity contribution in [3.8, 4) is 0 Å². The van der Waals surface area contributed by atoms with Crippen molar-refractivity contribution in [3.63, 3.8) is 0 Å². The van der Waals surface area contributed by atoms with Crippen molar-refractivity contribution in [3.05, 3.63) is 59.1 Å². The summed E-state index contributed by atoms with van der Waals surface area (Å²) in [6.07, 6.45) is 1.06. The van der Waals surface area contributed by atoms with Crippen LogP contribution in [0.1, 0.15) is 25.3 Å². The van der Waals surface area contributed by atoms with Crippen LogP contribution in [0.15, 0.2) is 48.5 Å². The molecular formula is C18H21ClN2O3S. The number of hydrogen-bond acceptors (Lipinski definition) is 3. The van der Waals surface area contributed by atoms with E-state index in [1.165, 1.54) is 6.07 Å². The van der Waals surface area contributed by atoms with Crippen molar-refractivity contribution in [2.45, 2.75) is 19.8 Å². The fourth-order valence-corrected chi connectivity index (χ4v) is 3.50. The third kappa shape index (κ3) is 5.21. The average molecular weight is 381 g/mol. The number of amides is 1. The molecule has 2 aromatic carbocycles. The summed E-state index contributed by atoms with van der Waals surface area (Å²) in [6, 6.07) is 13.9. The van der Waals surface area contributed by atoms with Crippen LogP contribution in [0.2, 0.25) is 5.02 Å². The van der Waals surface area contributed by atoms with E-state index < -0.39 is 15.9 Å². The molecule has 5 nitrogen and oxygen atoms in total. The topological polar surface area (TPSA) is 66.5 Å². The largest absolute Gasteiger partial charge is 0.324 e. The number of sulfonamides is 1. The van der Waals surface area contributed by atoms with Crippen LogP contribution in [0.5, 0.6) is 0 Å². The molecule has 0 radical (unpaired) electrons. The van der Waals surface area contributed by atoms with Crippen LogP contribution in [-0.2, 0) is 14.8 Å². The van der Waals surface area contributed by atoms with Gasteiger partial charge in [-0.05, 0) is 35.7 Å². The van der Waals surface area contributed by atoms with E-state index in [4.69, 9.17) is 11.6 Å². The molecule has 1 amide bonds. The van der Waals surface area contributed by atoms with Gasteiger partial charge in [-0.15, -0.1) is 0 Å². The fraction of sp³-hybridized carbons (Fsp3) is 0.278. The van der Waals surface area contributed by atoms with Crippen LogP contribution in [-0.4, -0.2) is 27.1 Å². The summed E-state index contributed by atoms with van der Waals surface area (Å²) in [5.74, 6) is -0.186. The Morgan fingerprint density at radius 1 is 1.16 bits per heavy atom. The molecule has 0 spiro atoms. The molecular weight excluding hydrogens is 360 g/mol. The lowest BCUT2D eigenvalue weighted by atomic mass is 10.0. The summed E-state index contributed by atoms with van der Waals surface area (Å²) in [5, 5.41) is 3.20. The number of carbonyl (C=O) groups excluding carboxylic acids is 1. The van der Waals surface area contributed by atoms with Crippen LogP contribution in [0.25, 0.3) is 0 Å². The Morgan fingerprint density at radius 3 is 2.44 bits per heavy atom. The lowest BCUT2D eigenvalue weighted by Crippen LogP contribution is -2.37. The molecule has 1 N–H and O–H groups in total. The predicted molar refractivity (Wildman–Crippen MR) is 103 cm³/mol. The van der Waals surface area contributed by atoms with Gasteiger partial charge in [-0.1, -0.05) is 49.7 Å². The first-order chi connectivity index (χ1) is 11.7. The van der Waals surface area contributed by atoms with Gasteiger partial charge in [0.05, 0.1) is 11.9 Å². The molecule has 2 rings (SSSR count). The van der Waals surface area contributed by atoms with Gasteiger partial charge in [0.2, 0.25) is 15.9 Å². The van der Waals surface area contributed by atoms with Gasteiger partial charge in [0.25, 0.3) is 0 Å². The molecule has 0 heterocycles. The van der Waals surface area contributed by atoms with Crippen molar-refractivity contribution in [1.82, 2.24) is 0 Å². The summed E-state index contributed by atoms with van der Waals surface area (Å²) < 4.78 is 25.3. The summed E-state index contributed by atoms with van der Waals surface area (Å²) >= 11 is 5.94. The molecule has 0 saturated carbocycles. The first-order valence-electron chi connectivity index (χ1n) is 7.80. The van der Waals surface area contributed by atoms with Gasteiger partial charge in [-0.2, -0.15) is 0 Å². The molecule has 7 heteroatoms. The molecule has 0 saturated heterocycles. The minimum absolute atomic E-state index is 0.232. The molecule has 25 heavy (non-hydrogen) atoms. The van der Waals surface area contributed by atoms with Gasteiger partial charge in [0.15, 0.2) is 0 Å². The first kappa shape index (κ1) is 19.3. The molecule has 0 fully saturated rings. The Hall–Kier alpha value is -2.05. The summed E-state index contributed by atoms with van der Waals surface area (Å²) in [7, 11) is -3.63. The molecule has 0 aliphatic carbocycles. The number of para-hydroxylation sites is 1. The highest BCUT2D eigenvalue weighted by Gasteiger charge is 2.21. The van der Waals surface area contributed by atoms with Crippen molar-refractivity contribution in [2.24, 2.45) is 0 Å². The highest BCUT2D eigenvalue weighted by atomic mass is 35.5. The number of anilines is 2. The fourth-order valence-electron chi connectivity index (χ4n) is 2.47. The number of halogens is 1. The van der Waals surface area contributed by atoms with Crippen LogP contribution >= 0.6 is 11.6 Å². The minimum Gasteiger partial charge on any atom is -0.324 e. The third-order valence-corrected chi connectivity index (χ3v) is 5.02. The zero-order valence-corrected chi connectivity index (χ0v) is 15.9. The molecule has 0 bridgehead atoms. The maximum Gasteiger partial charge on any atom is 0.245 e. The highest BCUT2D eigenvalue weighted by Crippen LogP contribution is 2.25. The van der Waals surface area contributed by atoms with Crippen LogP contribution in [0, 0.1) is 0 Å². The molecule has 0 atom stereocenters. The predicted octanol–water partition coefficient (Wildman–Crippen LogP) is 3.87. The Bertz CT molecular complexity index is 866. The lowest BCUT2D eigenvalue weighted by Gasteiger charge is -2.22. The van der Waals surface area contributed by atoms with E-state index in [-0.39, 0.29) is 12.5 Å². The molecule has 0 aliphatic rings. The second kappa shape index (κ2) is 7.89. The van der Waals surface area contributed by atoms with E-state index in [1.54, 1.807) is 24.3 Å². The van der Waals surface area contributed by atoms with Crippen LogP contribution in [0.3, 0.4) is 0 Å². The van der Waals surface area contributed by atoms with Gasteiger partial charge in [-0.25, -0.2) is 8.42 Å². The molecule has 0 aliphatic heterocycles. The number of nitrogens with zero attached hydrogens (tertiary/aromatic N) is 1. The monoisotopic (exact) mass is 380 g/mol. The van der Waals surface area contributed by atoms with Gasteiger partial charge in [0.1, 0.15) is 6.54 Å². The van der Waals surface area contributed by atoms with Crippen molar-refractivity contribution in [1.29, 1.82) is 0 Å². The van der Waals surface area contributed by atoms with Crippen LogP contribution < -0.4 is 9.62 Å². The Labute approximate surface area is 153 Å². The minimum atomic E-state index is -3.63. The molecule has 0 aromatic heterocycles. The summed E-state index contributed by atoms with van der Waals surface area (Å²) in [5.41, 5.74) is 2.02. The van der Waals surface area contributed by atoms with Crippen molar-refractivity contribution in [2.75, 3.05) is 22.4 Å². The van der Waals surface area contributed by atoms with Crippen molar-refractivity contribution >= 4 is 38.9 Å². The third-order valence-electron chi connectivity index (χ3n) is 3.64. The van der Waals surface area contributed by atoms with E-state index in [1.807, 2.05) is 32.0 Å². The maximum absolute atomic E-state index is 12.5. The number of nitrogens with one attached hydrogen (secondary N) is 1. The zero-order valence-electron chi connectivity index (χ0n) is 14.4. The molecule has 134 valence electrons. The lowest BCUT2D eigenvalue weighted by molar-refractivity contribution is -0.114. The van der Waals surface area contributed by atoms with Gasteiger partial charge in [-0.3, -0.25) is 9.10 Å². The van der Waals surface area contributed by atoms with Gasteiger partial charge in [0, 0.05) is 10.7 Å². The maximum atomic E-state index is 12.5. The quantitative estimate of drug-likeness (QED) is 0.827. The zero-order chi connectivity index (χ0) is 18.6. The Kier molecular flexibility index (Phi) is 6.08. The van der Waals surface area contributed by atoms with E-state index in [0.29, 0.717) is 16.4 Å². The van der Waals surface area contributed by atoms with E-state index >= 15 is 0 Å². The number of rotatable bonds is 6. The van der Waals surface area contributed by atoms with Gasteiger partial charge >= 0.3 is 0 Å².